The van der Waals surface area contributed by atoms with Crippen LogP contribution in [0.15, 0.2) is 28.9 Å². The highest BCUT2D eigenvalue weighted by atomic mass is 16.5. The first-order valence-corrected chi connectivity index (χ1v) is 6.69. The Morgan fingerprint density at radius 3 is 2.70 bits per heavy atom. The van der Waals surface area contributed by atoms with Crippen LogP contribution in [0.4, 0.5) is 11.6 Å². The van der Waals surface area contributed by atoms with Crippen LogP contribution in [0.2, 0.25) is 0 Å². The molecule has 0 amide bonds. The second-order valence-corrected chi connectivity index (χ2v) is 4.27. The van der Waals surface area contributed by atoms with Crippen LogP contribution in [0, 0.1) is 0 Å². The predicted octanol–water partition coefficient (Wildman–Crippen LogP) is 2.30. The molecule has 0 bridgehead atoms. The molecule has 2 N–H and O–H groups in total. The third-order valence-electron chi connectivity index (χ3n) is 2.66. The normalized spacial score (nSPS) is 10.5. The minimum atomic E-state index is 0.395. The Morgan fingerprint density at radius 2 is 2.05 bits per heavy atom. The van der Waals surface area contributed by atoms with Gasteiger partial charge in [-0.15, -0.1) is 0 Å². The zero-order valence-electron chi connectivity index (χ0n) is 11.8. The van der Waals surface area contributed by atoms with E-state index in [-0.39, 0.29) is 0 Å². The van der Waals surface area contributed by atoms with Crippen LogP contribution in [0.1, 0.15) is 18.5 Å². The second kappa shape index (κ2) is 7.49. The minimum absolute atomic E-state index is 0.395. The maximum Gasteiger partial charge on any atom is 0.158 e. The van der Waals surface area contributed by atoms with Crippen molar-refractivity contribution in [1.29, 1.82) is 0 Å². The topological polar surface area (TPSA) is 72.2 Å². The summed E-state index contributed by atoms with van der Waals surface area (Å²) in [6, 6.07) is 5.74. The smallest absolute Gasteiger partial charge is 0.158 e. The van der Waals surface area contributed by atoms with Gasteiger partial charge < -0.3 is 19.8 Å². The minimum Gasteiger partial charge on any atom is -0.469 e. The van der Waals surface area contributed by atoms with Crippen molar-refractivity contribution in [2.75, 3.05) is 30.8 Å². The van der Waals surface area contributed by atoms with Gasteiger partial charge in [0.15, 0.2) is 5.82 Å². The van der Waals surface area contributed by atoms with E-state index in [0.29, 0.717) is 12.4 Å². The fraction of sp³-hybridized carbons (Fsp3) is 0.429. The van der Waals surface area contributed by atoms with Crippen LogP contribution in [-0.4, -0.2) is 30.2 Å². The zero-order chi connectivity index (χ0) is 14.2. The number of hydrogen-bond donors (Lipinski definition) is 2. The van der Waals surface area contributed by atoms with Crippen molar-refractivity contribution in [2.24, 2.45) is 0 Å². The molecule has 2 rings (SSSR count). The number of nitrogens with zero attached hydrogens (tertiary/aromatic N) is 2. The van der Waals surface area contributed by atoms with E-state index in [4.69, 9.17) is 9.15 Å². The highest BCUT2D eigenvalue weighted by Crippen LogP contribution is 2.12. The lowest BCUT2D eigenvalue weighted by Crippen LogP contribution is -2.10. The third kappa shape index (κ3) is 4.24. The highest BCUT2D eigenvalue weighted by molar-refractivity contribution is 5.47. The van der Waals surface area contributed by atoms with Crippen molar-refractivity contribution in [3.8, 4) is 0 Å². The second-order valence-electron chi connectivity index (χ2n) is 4.27. The van der Waals surface area contributed by atoms with E-state index < -0.39 is 0 Å². The molecule has 0 radical (unpaired) electrons. The maximum absolute atomic E-state index is 5.29. The number of hydrogen-bond acceptors (Lipinski definition) is 6. The molecule has 0 saturated carbocycles. The Hall–Kier alpha value is -2.08. The lowest BCUT2D eigenvalue weighted by molar-refractivity contribution is 0.178. The molecule has 108 valence electrons. The average Bonchev–Trinajstić information content (AvgIpc) is 2.92. The predicted molar refractivity (Wildman–Crippen MR) is 77.8 cm³/mol. The van der Waals surface area contributed by atoms with E-state index in [1.807, 2.05) is 25.1 Å². The summed E-state index contributed by atoms with van der Waals surface area (Å²) in [6.07, 6.45) is 2.49. The number of aromatic nitrogens is 2. The standard InChI is InChI=1S/C14H20N4O2/c1-3-15-12-9-13(18-14(17-12)10-19-2)16-7-6-11-5-4-8-20-11/h4-5,8-9H,3,6-7,10H2,1-2H3,(H2,15,16,17,18). The molecule has 20 heavy (non-hydrogen) atoms. The van der Waals surface area contributed by atoms with Crippen LogP contribution < -0.4 is 10.6 Å². The van der Waals surface area contributed by atoms with Crippen molar-refractivity contribution in [3.05, 3.63) is 36.0 Å². The monoisotopic (exact) mass is 276 g/mol. The summed E-state index contributed by atoms with van der Waals surface area (Å²) in [5.74, 6) is 3.20. The third-order valence-corrected chi connectivity index (χ3v) is 2.66. The Labute approximate surface area is 118 Å². The first kappa shape index (κ1) is 14.3. The van der Waals surface area contributed by atoms with Crippen molar-refractivity contribution in [2.45, 2.75) is 20.0 Å². The maximum atomic E-state index is 5.29. The summed E-state index contributed by atoms with van der Waals surface area (Å²) in [5, 5.41) is 6.46. The number of rotatable bonds is 8. The summed E-state index contributed by atoms with van der Waals surface area (Å²) in [4.78, 5) is 8.77. The van der Waals surface area contributed by atoms with Gasteiger partial charge in [0.2, 0.25) is 0 Å². The zero-order valence-corrected chi connectivity index (χ0v) is 11.8. The largest absolute Gasteiger partial charge is 0.469 e. The molecule has 0 aliphatic heterocycles. The molecule has 0 aliphatic carbocycles. The summed E-state index contributed by atoms with van der Waals surface area (Å²) in [7, 11) is 1.63. The van der Waals surface area contributed by atoms with Crippen LogP contribution in [-0.2, 0) is 17.8 Å². The Morgan fingerprint density at radius 1 is 1.25 bits per heavy atom. The van der Waals surface area contributed by atoms with Crippen molar-refractivity contribution < 1.29 is 9.15 Å². The van der Waals surface area contributed by atoms with Gasteiger partial charge in [0, 0.05) is 32.7 Å². The van der Waals surface area contributed by atoms with Crippen LogP contribution in [0.25, 0.3) is 0 Å². The molecular formula is C14H20N4O2. The summed E-state index contributed by atoms with van der Waals surface area (Å²) in [5.41, 5.74) is 0. The average molecular weight is 276 g/mol. The van der Waals surface area contributed by atoms with Crippen LogP contribution in [0.3, 0.4) is 0 Å². The van der Waals surface area contributed by atoms with Crippen LogP contribution >= 0.6 is 0 Å². The van der Waals surface area contributed by atoms with E-state index in [2.05, 4.69) is 20.6 Å². The lowest BCUT2D eigenvalue weighted by Gasteiger charge is -2.10. The van der Waals surface area contributed by atoms with Gasteiger partial charge in [-0.3, -0.25) is 0 Å². The Balaban J connectivity index is 1.97. The summed E-state index contributed by atoms with van der Waals surface area (Å²) < 4.78 is 10.4. The number of methoxy groups -OCH3 is 1. The molecule has 2 aromatic heterocycles. The van der Waals surface area contributed by atoms with E-state index >= 15 is 0 Å². The van der Waals surface area contributed by atoms with Gasteiger partial charge in [0.1, 0.15) is 24.0 Å². The van der Waals surface area contributed by atoms with Gasteiger partial charge >= 0.3 is 0 Å². The van der Waals surface area contributed by atoms with Gasteiger partial charge in [0.25, 0.3) is 0 Å². The molecular weight excluding hydrogens is 256 g/mol. The molecule has 2 aromatic rings. The van der Waals surface area contributed by atoms with Crippen molar-refractivity contribution in [1.82, 2.24) is 9.97 Å². The summed E-state index contributed by atoms with van der Waals surface area (Å²) in [6.45, 7) is 3.99. The Bertz CT molecular complexity index is 490. The molecule has 6 nitrogen and oxygen atoms in total. The quantitative estimate of drug-likeness (QED) is 0.771. The number of nitrogens with one attached hydrogen (secondary N) is 2. The Kier molecular flexibility index (Phi) is 5.37. The van der Waals surface area contributed by atoms with E-state index in [1.54, 1.807) is 13.4 Å². The fourth-order valence-corrected chi connectivity index (χ4v) is 1.82. The van der Waals surface area contributed by atoms with E-state index in [9.17, 15) is 0 Å². The number of ether oxygens (including phenoxy) is 1. The van der Waals surface area contributed by atoms with Crippen molar-refractivity contribution in [3.63, 3.8) is 0 Å². The van der Waals surface area contributed by atoms with Gasteiger partial charge in [-0.1, -0.05) is 0 Å². The SMILES string of the molecule is CCNc1cc(NCCc2ccco2)nc(COC)n1. The lowest BCUT2D eigenvalue weighted by atomic mass is 10.3. The summed E-state index contributed by atoms with van der Waals surface area (Å²) >= 11 is 0. The molecule has 2 heterocycles. The number of anilines is 2. The first-order chi connectivity index (χ1) is 9.81. The van der Waals surface area contributed by atoms with Gasteiger partial charge in [-0.25, -0.2) is 9.97 Å². The molecule has 6 heteroatoms. The first-order valence-electron chi connectivity index (χ1n) is 6.69. The molecule has 0 spiro atoms. The van der Waals surface area contributed by atoms with Crippen LogP contribution in [0.5, 0.6) is 0 Å². The molecule has 0 saturated heterocycles. The van der Waals surface area contributed by atoms with E-state index in [1.165, 1.54) is 0 Å². The molecule has 0 aromatic carbocycles. The van der Waals surface area contributed by atoms with Gasteiger partial charge in [0.05, 0.1) is 6.26 Å². The van der Waals surface area contributed by atoms with Gasteiger partial charge in [-0.2, -0.15) is 0 Å². The fourth-order valence-electron chi connectivity index (χ4n) is 1.82. The van der Waals surface area contributed by atoms with Gasteiger partial charge in [-0.05, 0) is 19.1 Å². The van der Waals surface area contributed by atoms with E-state index in [0.717, 1.165) is 36.9 Å². The molecule has 0 aliphatic rings. The highest BCUT2D eigenvalue weighted by Gasteiger charge is 2.04. The molecule has 0 atom stereocenters. The van der Waals surface area contributed by atoms with Crippen molar-refractivity contribution >= 4 is 11.6 Å². The molecule has 0 unspecified atom stereocenters. The number of furan rings is 1. The molecule has 0 fully saturated rings.